The van der Waals surface area contributed by atoms with E-state index >= 15 is 0 Å². The number of hydrogen-bond acceptors (Lipinski definition) is 5. The van der Waals surface area contributed by atoms with Crippen LogP contribution in [0.15, 0.2) is 30.6 Å². The Bertz CT molecular complexity index is 845. The third kappa shape index (κ3) is 5.17. The normalized spacial score (nSPS) is 17.8. The summed E-state index contributed by atoms with van der Waals surface area (Å²) in [5.74, 6) is 1.15. The Morgan fingerprint density at radius 3 is 2.57 bits per heavy atom. The lowest BCUT2D eigenvalue weighted by Gasteiger charge is -2.49. The fourth-order valence-corrected chi connectivity index (χ4v) is 4.14. The summed E-state index contributed by atoms with van der Waals surface area (Å²) >= 11 is 6.02. The molecule has 4 rings (SSSR count). The molecule has 8 nitrogen and oxygen atoms in total. The largest absolute Gasteiger partial charge is 0.483 e. The van der Waals surface area contributed by atoms with E-state index in [0.29, 0.717) is 6.04 Å². The Morgan fingerprint density at radius 2 is 2.00 bits per heavy atom. The van der Waals surface area contributed by atoms with Gasteiger partial charge in [-0.15, -0.1) is 0 Å². The number of carboxylic acid groups (broad SMARTS) is 1. The average molecular weight is 434 g/mol. The minimum atomic E-state index is -0.375. The maximum Gasteiger partial charge on any atom is 0.290 e. The van der Waals surface area contributed by atoms with Gasteiger partial charge in [0.15, 0.2) is 0 Å². The van der Waals surface area contributed by atoms with Crippen LogP contribution in [-0.4, -0.2) is 56.3 Å². The van der Waals surface area contributed by atoms with E-state index in [9.17, 15) is 4.79 Å². The highest BCUT2D eigenvalue weighted by Gasteiger charge is 2.49. The third-order valence-electron chi connectivity index (χ3n) is 5.79. The molecule has 0 radical (unpaired) electrons. The Labute approximate surface area is 181 Å². The van der Waals surface area contributed by atoms with Crippen LogP contribution < -0.4 is 5.32 Å². The van der Waals surface area contributed by atoms with E-state index in [1.165, 1.54) is 6.42 Å². The number of amides is 1. The highest BCUT2D eigenvalue weighted by molar-refractivity contribution is 6.30. The Balaban J connectivity index is 0.000000806. The van der Waals surface area contributed by atoms with Gasteiger partial charge in [-0.3, -0.25) is 14.5 Å². The molecular formula is C21H28ClN5O3. The van der Waals surface area contributed by atoms with Crippen molar-refractivity contribution in [1.29, 1.82) is 0 Å². The third-order valence-corrected chi connectivity index (χ3v) is 6.04. The molecule has 1 saturated heterocycles. The van der Waals surface area contributed by atoms with E-state index in [-0.39, 0.29) is 17.8 Å². The minimum Gasteiger partial charge on any atom is -0.483 e. The Hall–Kier alpha value is -2.45. The first-order chi connectivity index (χ1) is 14.5. The summed E-state index contributed by atoms with van der Waals surface area (Å²) in [4.78, 5) is 28.1. The first kappa shape index (κ1) is 22.2. The SMILES string of the molecule is CCn1ncnc1CN1CC(Cc2ccc(Cl)cc2)(C(=O)NC2CCC2)C1.O=CO. The molecule has 2 aromatic rings. The lowest BCUT2D eigenvalue weighted by molar-refractivity contribution is -0.144. The number of carbonyl (C=O) groups is 2. The first-order valence-electron chi connectivity index (χ1n) is 10.2. The topological polar surface area (TPSA) is 100 Å². The zero-order valence-electron chi connectivity index (χ0n) is 17.1. The van der Waals surface area contributed by atoms with Gasteiger partial charge in [-0.2, -0.15) is 5.10 Å². The zero-order chi connectivity index (χ0) is 21.6. The molecule has 1 aliphatic heterocycles. The molecule has 2 N–H and O–H groups in total. The van der Waals surface area contributed by atoms with Crippen molar-refractivity contribution in [2.24, 2.45) is 5.41 Å². The number of carbonyl (C=O) groups excluding carboxylic acids is 1. The fourth-order valence-electron chi connectivity index (χ4n) is 4.02. The van der Waals surface area contributed by atoms with Crippen LogP contribution in [0.1, 0.15) is 37.6 Å². The molecule has 0 unspecified atom stereocenters. The number of rotatable bonds is 7. The van der Waals surface area contributed by atoms with Crippen LogP contribution in [0.3, 0.4) is 0 Å². The van der Waals surface area contributed by atoms with Gasteiger partial charge in [-0.25, -0.2) is 9.67 Å². The molecule has 1 aromatic heterocycles. The van der Waals surface area contributed by atoms with E-state index in [1.807, 2.05) is 28.9 Å². The van der Waals surface area contributed by atoms with Crippen molar-refractivity contribution < 1.29 is 14.7 Å². The molecule has 1 amide bonds. The second kappa shape index (κ2) is 10.0. The van der Waals surface area contributed by atoms with Gasteiger partial charge >= 0.3 is 0 Å². The quantitative estimate of drug-likeness (QED) is 0.650. The number of nitrogens with one attached hydrogen (secondary N) is 1. The maximum absolute atomic E-state index is 13.1. The zero-order valence-corrected chi connectivity index (χ0v) is 17.9. The molecule has 0 atom stereocenters. The smallest absolute Gasteiger partial charge is 0.290 e. The summed E-state index contributed by atoms with van der Waals surface area (Å²) in [5, 5.41) is 15.1. The molecule has 9 heteroatoms. The van der Waals surface area contributed by atoms with E-state index in [1.54, 1.807) is 6.33 Å². The highest BCUT2D eigenvalue weighted by atomic mass is 35.5. The summed E-state index contributed by atoms with van der Waals surface area (Å²) in [6.07, 6.45) is 5.76. The number of aromatic nitrogens is 3. The molecular weight excluding hydrogens is 406 g/mol. The maximum atomic E-state index is 13.1. The number of aryl methyl sites for hydroxylation is 1. The highest BCUT2D eigenvalue weighted by Crippen LogP contribution is 2.36. The average Bonchev–Trinajstić information content (AvgIpc) is 3.12. The van der Waals surface area contributed by atoms with Gasteiger partial charge in [0, 0.05) is 30.7 Å². The molecule has 1 saturated carbocycles. The van der Waals surface area contributed by atoms with Crippen LogP contribution in [-0.2, 0) is 29.1 Å². The summed E-state index contributed by atoms with van der Waals surface area (Å²) < 4.78 is 1.91. The van der Waals surface area contributed by atoms with Gasteiger partial charge in [0.05, 0.1) is 12.0 Å². The number of likely N-dealkylation sites (tertiary alicyclic amines) is 1. The molecule has 2 heterocycles. The summed E-state index contributed by atoms with van der Waals surface area (Å²) in [5.41, 5.74) is 0.778. The predicted molar refractivity (Wildman–Crippen MR) is 113 cm³/mol. The molecule has 1 aromatic carbocycles. The van der Waals surface area contributed by atoms with Crippen LogP contribution in [0.4, 0.5) is 0 Å². The van der Waals surface area contributed by atoms with Crippen molar-refractivity contribution in [3.8, 4) is 0 Å². The van der Waals surface area contributed by atoms with Crippen LogP contribution in [0.5, 0.6) is 0 Å². The van der Waals surface area contributed by atoms with E-state index in [2.05, 4.69) is 27.2 Å². The molecule has 2 fully saturated rings. The Kier molecular flexibility index (Phi) is 7.44. The van der Waals surface area contributed by atoms with Crippen LogP contribution in [0.25, 0.3) is 0 Å². The second-order valence-corrected chi connectivity index (χ2v) is 8.36. The van der Waals surface area contributed by atoms with Gasteiger partial charge < -0.3 is 10.4 Å². The van der Waals surface area contributed by atoms with Crippen molar-refractivity contribution in [2.75, 3.05) is 13.1 Å². The van der Waals surface area contributed by atoms with Gasteiger partial charge in [0.1, 0.15) is 12.2 Å². The van der Waals surface area contributed by atoms with Crippen molar-refractivity contribution in [3.05, 3.63) is 47.0 Å². The van der Waals surface area contributed by atoms with Crippen molar-refractivity contribution in [2.45, 2.75) is 51.7 Å². The number of nitrogens with zero attached hydrogens (tertiary/aromatic N) is 4. The van der Waals surface area contributed by atoms with Crippen molar-refractivity contribution in [1.82, 2.24) is 25.0 Å². The number of halogens is 1. The van der Waals surface area contributed by atoms with Gasteiger partial charge in [-0.1, -0.05) is 23.7 Å². The second-order valence-electron chi connectivity index (χ2n) is 7.93. The molecule has 2 aliphatic rings. The standard InChI is InChI=1S/C20H26ClN5O.CH2O2/c1-2-26-18(22-14-23-26)11-25-12-20(13-25,19(27)24-17-4-3-5-17)10-15-6-8-16(21)9-7-15;2-1-3/h6-9,14,17H,2-5,10-13H2,1H3,(H,24,27);1H,(H,2,3). The summed E-state index contributed by atoms with van der Waals surface area (Å²) in [7, 11) is 0. The van der Waals surface area contributed by atoms with E-state index < -0.39 is 0 Å². The summed E-state index contributed by atoms with van der Waals surface area (Å²) in [6.45, 7) is 4.83. The van der Waals surface area contributed by atoms with Crippen molar-refractivity contribution in [3.63, 3.8) is 0 Å². The van der Waals surface area contributed by atoms with Crippen molar-refractivity contribution >= 4 is 24.0 Å². The molecule has 0 spiro atoms. The lowest BCUT2D eigenvalue weighted by atomic mass is 9.73. The van der Waals surface area contributed by atoms with E-state index in [0.717, 1.165) is 61.9 Å². The monoisotopic (exact) mass is 433 g/mol. The van der Waals surface area contributed by atoms with Gasteiger partial charge in [-0.05, 0) is 50.3 Å². The number of hydrogen-bond donors (Lipinski definition) is 2. The van der Waals surface area contributed by atoms with Crippen LogP contribution in [0.2, 0.25) is 5.02 Å². The molecule has 0 bridgehead atoms. The summed E-state index contributed by atoms with van der Waals surface area (Å²) in [6, 6.07) is 8.20. The molecule has 30 heavy (non-hydrogen) atoms. The minimum absolute atomic E-state index is 0.190. The lowest BCUT2D eigenvalue weighted by Crippen LogP contribution is -2.65. The fraction of sp³-hybridized carbons (Fsp3) is 0.524. The Morgan fingerprint density at radius 1 is 1.33 bits per heavy atom. The van der Waals surface area contributed by atoms with Gasteiger partial charge in [0.2, 0.25) is 5.91 Å². The molecule has 162 valence electrons. The predicted octanol–water partition coefficient (Wildman–Crippen LogP) is 2.37. The van der Waals surface area contributed by atoms with Crippen LogP contribution >= 0.6 is 11.6 Å². The molecule has 1 aliphatic carbocycles. The first-order valence-corrected chi connectivity index (χ1v) is 10.6. The van der Waals surface area contributed by atoms with E-state index in [4.69, 9.17) is 21.5 Å². The van der Waals surface area contributed by atoms with Gasteiger partial charge in [0.25, 0.3) is 6.47 Å². The number of benzene rings is 1. The van der Waals surface area contributed by atoms with Crippen LogP contribution in [0, 0.1) is 5.41 Å².